The van der Waals surface area contributed by atoms with Gasteiger partial charge < -0.3 is 23.9 Å². The van der Waals surface area contributed by atoms with Crippen molar-refractivity contribution in [1.29, 1.82) is 0 Å². The van der Waals surface area contributed by atoms with Gasteiger partial charge in [-0.1, -0.05) is 18.2 Å². The maximum atomic E-state index is 13.6. The number of amides is 1. The molecule has 1 amide bonds. The van der Waals surface area contributed by atoms with Crippen LogP contribution in [0.3, 0.4) is 0 Å². The van der Waals surface area contributed by atoms with Crippen molar-refractivity contribution in [2.45, 2.75) is 37.5 Å². The fraction of sp³-hybridized carbons (Fsp3) is 0.229. The molecule has 0 saturated heterocycles. The van der Waals surface area contributed by atoms with Gasteiger partial charge in [0.25, 0.3) is 10.0 Å². The van der Waals surface area contributed by atoms with Gasteiger partial charge in [0.2, 0.25) is 5.91 Å². The number of ether oxygens (including phenoxy) is 2. The van der Waals surface area contributed by atoms with E-state index in [0.717, 1.165) is 5.56 Å². The first-order valence-corrected chi connectivity index (χ1v) is 17.9. The van der Waals surface area contributed by atoms with E-state index in [4.69, 9.17) is 13.7 Å². The molecule has 0 unspecified atom stereocenters. The highest BCUT2D eigenvalue weighted by molar-refractivity contribution is 7.93. The van der Waals surface area contributed by atoms with Gasteiger partial charge in [-0.05, 0) is 111 Å². The molecule has 4 aromatic rings. The van der Waals surface area contributed by atoms with Gasteiger partial charge in [-0.3, -0.25) is 9.52 Å². The van der Waals surface area contributed by atoms with Crippen molar-refractivity contribution in [1.82, 2.24) is 0 Å². The van der Waals surface area contributed by atoms with Gasteiger partial charge in [-0.2, -0.15) is 8.42 Å². The average Bonchev–Trinajstić information content (AvgIpc) is 3.06. The normalized spacial score (nSPS) is 11.6. The third-order valence-electron chi connectivity index (χ3n) is 7.39. The van der Waals surface area contributed by atoms with E-state index in [-0.39, 0.29) is 27.0 Å². The van der Waals surface area contributed by atoms with Crippen LogP contribution in [0.25, 0.3) is 6.08 Å². The van der Waals surface area contributed by atoms with Crippen molar-refractivity contribution in [3.8, 4) is 17.2 Å². The lowest BCUT2D eigenvalue weighted by Gasteiger charge is -2.24. The number of carbonyl (C=O) groups is 1. The number of anilines is 3. The Morgan fingerprint density at radius 2 is 1.46 bits per heavy atom. The summed E-state index contributed by atoms with van der Waals surface area (Å²) in [6.45, 7) is 8.47. The molecular weight excluding hydrogens is 655 g/mol. The average molecular weight is 694 g/mol. The predicted molar refractivity (Wildman–Crippen MR) is 188 cm³/mol. The number of rotatable bonds is 14. The smallest absolute Gasteiger partial charge is 0.339 e. The number of hydrogen-bond acceptors (Lipinski definition) is 9. The van der Waals surface area contributed by atoms with E-state index in [1.807, 2.05) is 24.8 Å². The topological polar surface area (TPSA) is 140 Å². The van der Waals surface area contributed by atoms with Gasteiger partial charge in [0.05, 0.1) is 19.9 Å². The van der Waals surface area contributed by atoms with Gasteiger partial charge in [-0.15, -0.1) is 0 Å². The molecule has 0 radical (unpaired) electrons. The van der Waals surface area contributed by atoms with Crippen molar-refractivity contribution in [3.63, 3.8) is 0 Å². The largest absolute Gasteiger partial charge is 0.497 e. The minimum Gasteiger partial charge on any atom is -0.497 e. The molecule has 0 aliphatic heterocycles. The van der Waals surface area contributed by atoms with Crippen molar-refractivity contribution in [2.24, 2.45) is 0 Å². The quantitative estimate of drug-likeness (QED) is 0.114. The van der Waals surface area contributed by atoms with Crippen LogP contribution in [0.15, 0.2) is 94.7 Å². The minimum absolute atomic E-state index is 0.0000628. The molecule has 4 rings (SSSR count). The second kappa shape index (κ2) is 15.3. The maximum Gasteiger partial charge on any atom is 0.339 e. The molecule has 0 aliphatic carbocycles. The molecule has 0 atom stereocenters. The van der Waals surface area contributed by atoms with Crippen molar-refractivity contribution < 1.29 is 35.3 Å². The summed E-state index contributed by atoms with van der Waals surface area (Å²) < 4.78 is 71.8. The zero-order valence-electron chi connectivity index (χ0n) is 27.6. The number of carbonyl (C=O) groups excluding carboxylic acids is 1. The van der Waals surface area contributed by atoms with Crippen LogP contribution in [0.5, 0.6) is 17.2 Å². The Hall–Kier alpha value is -5.01. The number of nitrogens with one attached hydrogen (secondary N) is 2. The van der Waals surface area contributed by atoms with Crippen LogP contribution in [0.2, 0.25) is 0 Å². The van der Waals surface area contributed by atoms with Crippen molar-refractivity contribution in [3.05, 3.63) is 102 Å². The predicted octanol–water partition coefficient (Wildman–Crippen LogP) is 6.39. The fourth-order valence-corrected chi connectivity index (χ4v) is 7.42. The van der Waals surface area contributed by atoms with Crippen LogP contribution < -0.4 is 28.6 Å². The molecule has 11 nitrogen and oxygen atoms in total. The molecule has 48 heavy (non-hydrogen) atoms. The summed E-state index contributed by atoms with van der Waals surface area (Å²) in [5.41, 5.74) is 2.97. The lowest BCUT2D eigenvalue weighted by Crippen LogP contribution is -2.25. The zero-order chi connectivity index (χ0) is 35.1. The zero-order valence-corrected chi connectivity index (χ0v) is 29.2. The minimum atomic E-state index is -4.14. The molecule has 0 saturated carbocycles. The third-order valence-corrected chi connectivity index (χ3v) is 10.2. The van der Waals surface area contributed by atoms with Crippen LogP contribution in [0.1, 0.15) is 30.5 Å². The van der Waals surface area contributed by atoms with E-state index >= 15 is 0 Å². The first-order valence-electron chi connectivity index (χ1n) is 15.0. The number of aryl methyl sites for hydroxylation is 2. The van der Waals surface area contributed by atoms with E-state index in [1.54, 1.807) is 68.4 Å². The Balaban J connectivity index is 1.54. The summed E-state index contributed by atoms with van der Waals surface area (Å²) in [7, 11) is -5.29. The third kappa shape index (κ3) is 8.66. The lowest BCUT2D eigenvalue weighted by molar-refractivity contribution is -0.111. The summed E-state index contributed by atoms with van der Waals surface area (Å²) in [4.78, 5) is 14.9. The van der Waals surface area contributed by atoms with Gasteiger partial charge >= 0.3 is 10.1 Å². The number of hydrogen-bond donors (Lipinski definition) is 2. The first kappa shape index (κ1) is 35.8. The summed E-state index contributed by atoms with van der Waals surface area (Å²) >= 11 is 0. The number of sulfonamides is 1. The van der Waals surface area contributed by atoms with E-state index in [0.29, 0.717) is 41.3 Å². The molecule has 254 valence electrons. The highest BCUT2D eigenvalue weighted by atomic mass is 32.2. The van der Waals surface area contributed by atoms with E-state index in [9.17, 15) is 21.6 Å². The van der Waals surface area contributed by atoms with Crippen LogP contribution >= 0.6 is 0 Å². The van der Waals surface area contributed by atoms with Crippen molar-refractivity contribution in [2.75, 3.05) is 42.2 Å². The number of nitrogens with zero attached hydrogens (tertiary/aromatic N) is 1. The monoisotopic (exact) mass is 693 g/mol. The first-order chi connectivity index (χ1) is 22.8. The van der Waals surface area contributed by atoms with Crippen molar-refractivity contribution >= 4 is 49.2 Å². The molecule has 2 N–H and O–H groups in total. The molecule has 13 heteroatoms. The lowest BCUT2D eigenvalue weighted by atomic mass is 10.2. The fourth-order valence-electron chi connectivity index (χ4n) is 4.85. The van der Waals surface area contributed by atoms with E-state index < -0.39 is 26.0 Å². The Morgan fingerprint density at radius 3 is 2.10 bits per heavy atom. The molecule has 0 fully saturated rings. The molecule has 0 bridgehead atoms. The highest BCUT2D eigenvalue weighted by Gasteiger charge is 2.24. The maximum absolute atomic E-state index is 13.6. The summed E-state index contributed by atoms with van der Waals surface area (Å²) in [5.74, 6) is 0.208. The number of benzene rings is 4. The van der Waals surface area contributed by atoms with Crippen LogP contribution in [0, 0.1) is 13.8 Å². The van der Waals surface area contributed by atoms with Gasteiger partial charge in [0.15, 0.2) is 11.5 Å². The molecule has 0 heterocycles. The Bertz CT molecular complexity index is 2020. The van der Waals surface area contributed by atoms with E-state index in [2.05, 4.69) is 10.0 Å². The standard InChI is InChI=1S/C35H39N3O8S2/c1-7-38(8-2)30-18-15-28(23-34(30)47(40,41)37-27-13-16-29(44-5)17-14-27)36-35(39)20-12-26-11-19-31(32(22-26)45-6)46-48(42,43)33-21-24(3)9-10-25(33)4/h9-23,37H,7-8H2,1-6H3,(H,36,39). The van der Waals surface area contributed by atoms with Gasteiger partial charge in [0.1, 0.15) is 15.5 Å². The Labute approximate surface area is 282 Å². The second-order valence-corrected chi connectivity index (χ2v) is 13.9. The Kier molecular flexibility index (Phi) is 11.4. The van der Waals surface area contributed by atoms with Gasteiger partial charge in [0, 0.05) is 30.5 Å². The number of methoxy groups -OCH3 is 2. The van der Waals surface area contributed by atoms with E-state index in [1.165, 1.54) is 44.6 Å². The summed E-state index contributed by atoms with van der Waals surface area (Å²) in [6, 6.07) is 20.8. The highest BCUT2D eigenvalue weighted by Crippen LogP contribution is 2.33. The molecule has 4 aromatic carbocycles. The SMILES string of the molecule is CCN(CC)c1ccc(NC(=O)C=Cc2ccc(OS(=O)(=O)c3cc(C)ccc3C)c(OC)c2)cc1S(=O)(=O)Nc1ccc(OC)cc1. The molecule has 0 aliphatic rings. The Morgan fingerprint density at radius 1 is 0.771 bits per heavy atom. The van der Waals surface area contributed by atoms with Gasteiger partial charge in [-0.25, -0.2) is 8.42 Å². The van der Waals surface area contributed by atoms with Crippen LogP contribution in [-0.2, 0) is 24.9 Å². The molecule has 0 aromatic heterocycles. The summed E-state index contributed by atoms with van der Waals surface area (Å²) in [5, 5.41) is 2.72. The summed E-state index contributed by atoms with van der Waals surface area (Å²) in [6.07, 6.45) is 2.78. The molecular formula is C35H39N3O8S2. The molecule has 0 spiro atoms. The van der Waals surface area contributed by atoms with Crippen LogP contribution in [0.4, 0.5) is 17.1 Å². The van der Waals surface area contributed by atoms with Crippen LogP contribution in [-0.4, -0.2) is 50.1 Å². The second-order valence-electron chi connectivity index (χ2n) is 10.7.